The molecule has 0 unspecified atom stereocenters. The molecule has 0 radical (unpaired) electrons. The number of rotatable bonds is 10. The summed E-state index contributed by atoms with van der Waals surface area (Å²) in [6.07, 6.45) is 9.31. The zero-order valence-electron chi connectivity index (χ0n) is 25.1. The third-order valence-corrected chi connectivity index (χ3v) is 9.68. The summed E-state index contributed by atoms with van der Waals surface area (Å²) < 4.78 is 46.4. The Balaban J connectivity index is 1.19. The van der Waals surface area contributed by atoms with Crippen LogP contribution < -0.4 is 14.4 Å². The zero-order chi connectivity index (χ0) is 30.1. The Labute approximate surface area is 248 Å². The SMILES string of the molecule is CCN(C(=O)c1cc(F)ccc1Oc1cncnc1N1CC[C@@H](CN2CC3(CCC(NS(C)(=O)=O)CC3)C2)C1)C(C)C. The van der Waals surface area contributed by atoms with Crippen LogP contribution in [0.5, 0.6) is 11.5 Å². The van der Waals surface area contributed by atoms with Gasteiger partial charge in [-0.15, -0.1) is 0 Å². The van der Waals surface area contributed by atoms with Crippen LogP contribution in [0.1, 0.15) is 63.2 Å². The van der Waals surface area contributed by atoms with E-state index in [1.807, 2.05) is 20.8 Å². The molecule has 1 aliphatic carbocycles. The average molecular weight is 603 g/mol. The van der Waals surface area contributed by atoms with Crippen molar-refractivity contribution in [1.82, 2.24) is 24.5 Å². The second-order valence-corrected chi connectivity index (χ2v) is 14.4. The van der Waals surface area contributed by atoms with Gasteiger partial charge >= 0.3 is 0 Å². The Morgan fingerprint density at radius 2 is 1.95 bits per heavy atom. The highest BCUT2D eigenvalue weighted by atomic mass is 32.2. The van der Waals surface area contributed by atoms with Crippen molar-refractivity contribution in [1.29, 1.82) is 0 Å². The van der Waals surface area contributed by atoms with E-state index >= 15 is 0 Å². The number of amides is 1. The molecule has 3 aliphatic rings. The van der Waals surface area contributed by atoms with Gasteiger partial charge in [0.15, 0.2) is 11.6 Å². The van der Waals surface area contributed by atoms with E-state index < -0.39 is 15.8 Å². The van der Waals surface area contributed by atoms with Crippen molar-refractivity contribution in [3.05, 3.63) is 42.1 Å². The summed E-state index contributed by atoms with van der Waals surface area (Å²) in [5, 5.41) is 0. The van der Waals surface area contributed by atoms with Crippen molar-refractivity contribution in [2.45, 2.75) is 65.0 Å². The van der Waals surface area contributed by atoms with Crippen LogP contribution in [0.25, 0.3) is 0 Å². The first kappa shape index (κ1) is 30.6. The van der Waals surface area contributed by atoms with E-state index in [4.69, 9.17) is 4.74 Å². The van der Waals surface area contributed by atoms with Gasteiger partial charge in [-0.25, -0.2) is 27.5 Å². The van der Waals surface area contributed by atoms with Crippen LogP contribution in [-0.4, -0.2) is 91.7 Å². The Morgan fingerprint density at radius 3 is 2.62 bits per heavy atom. The zero-order valence-corrected chi connectivity index (χ0v) is 25.9. The van der Waals surface area contributed by atoms with Gasteiger partial charge in [0.2, 0.25) is 10.0 Å². The van der Waals surface area contributed by atoms with Crippen LogP contribution in [0.4, 0.5) is 10.2 Å². The van der Waals surface area contributed by atoms with Crippen LogP contribution >= 0.6 is 0 Å². The van der Waals surface area contributed by atoms with Crippen LogP contribution in [0.3, 0.4) is 0 Å². The van der Waals surface area contributed by atoms with Gasteiger partial charge in [0, 0.05) is 51.4 Å². The Hall–Kier alpha value is -2.83. The standard InChI is InChI=1S/C30H43FN6O4S/c1-5-37(21(2)3)29(38)25-14-23(31)6-7-26(25)41-27-15-32-20-33-28(27)36-13-10-22(17-36)16-35-18-30(19-35)11-8-24(9-12-30)34-42(4,39)40/h6-7,14-15,20-22,24,34H,5,8-13,16-19H2,1-4H3/t22-/m0/s1. The molecule has 1 spiro atoms. The maximum atomic E-state index is 14.2. The maximum absolute atomic E-state index is 14.2. The second kappa shape index (κ2) is 12.4. The number of sulfonamides is 1. The number of nitrogens with zero attached hydrogens (tertiary/aromatic N) is 5. The molecule has 3 heterocycles. The molecule has 2 aromatic rings. The Morgan fingerprint density at radius 1 is 1.21 bits per heavy atom. The minimum atomic E-state index is -3.16. The van der Waals surface area contributed by atoms with E-state index in [1.165, 1.54) is 30.8 Å². The largest absolute Gasteiger partial charge is 0.451 e. The summed E-state index contributed by atoms with van der Waals surface area (Å²) in [6.45, 7) is 11.1. The quantitative estimate of drug-likeness (QED) is 0.437. The molecule has 12 heteroatoms. The minimum absolute atomic E-state index is 0.0380. The molecule has 1 aromatic heterocycles. The summed E-state index contributed by atoms with van der Waals surface area (Å²) in [7, 11) is -3.16. The molecular weight excluding hydrogens is 559 g/mol. The van der Waals surface area contributed by atoms with Crippen molar-refractivity contribution in [3.8, 4) is 11.5 Å². The first-order chi connectivity index (χ1) is 19.9. The van der Waals surface area contributed by atoms with Gasteiger partial charge < -0.3 is 19.4 Å². The Bertz CT molecular complexity index is 1370. The van der Waals surface area contributed by atoms with Crippen molar-refractivity contribution in [2.75, 3.05) is 50.4 Å². The lowest BCUT2D eigenvalue weighted by Crippen LogP contribution is -2.59. The predicted octanol–water partition coefficient (Wildman–Crippen LogP) is 3.90. The third kappa shape index (κ3) is 7.03. The number of nitrogens with one attached hydrogen (secondary N) is 1. The molecule has 3 fully saturated rings. The highest BCUT2D eigenvalue weighted by Gasteiger charge is 2.46. The molecule has 1 saturated carbocycles. The molecule has 230 valence electrons. The van der Waals surface area contributed by atoms with E-state index in [0.29, 0.717) is 29.4 Å². The summed E-state index contributed by atoms with van der Waals surface area (Å²) in [5.74, 6) is 1.09. The topological polar surface area (TPSA) is 108 Å². The van der Waals surface area contributed by atoms with Gasteiger partial charge in [-0.3, -0.25) is 4.79 Å². The average Bonchev–Trinajstić information content (AvgIpc) is 3.38. The van der Waals surface area contributed by atoms with E-state index in [2.05, 4.69) is 24.5 Å². The summed E-state index contributed by atoms with van der Waals surface area (Å²) in [4.78, 5) is 28.4. The highest BCUT2D eigenvalue weighted by Crippen LogP contribution is 2.45. The van der Waals surface area contributed by atoms with Crippen molar-refractivity contribution < 1.29 is 22.3 Å². The number of benzene rings is 1. The molecule has 42 heavy (non-hydrogen) atoms. The fraction of sp³-hybridized carbons (Fsp3) is 0.633. The number of halogens is 1. The lowest BCUT2D eigenvalue weighted by atomic mass is 9.67. The van der Waals surface area contributed by atoms with Crippen LogP contribution in [0, 0.1) is 17.2 Å². The van der Waals surface area contributed by atoms with E-state index in [1.54, 1.807) is 11.1 Å². The maximum Gasteiger partial charge on any atom is 0.257 e. The summed E-state index contributed by atoms with van der Waals surface area (Å²) in [6, 6.07) is 4.04. The Kier molecular flexibility index (Phi) is 9.05. The lowest BCUT2D eigenvalue weighted by Gasteiger charge is -2.54. The van der Waals surface area contributed by atoms with Gasteiger partial charge in [-0.2, -0.15) is 0 Å². The third-order valence-electron chi connectivity index (χ3n) is 8.92. The highest BCUT2D eigenvalue weighted by molar-refractivity contribution is 7.88. The van der Waals surface area contributed by atoms with Gasteiger partial charge in [-0.05, 0) is 82.4 Å². The summed E-state index contributed by atoms with van der Waals surface area (Å²) in [5.41, 5.74) is 0.502. The number of carbonyl (C=O) groups is 1. The van der Waals surface area contributed by atoms with Gasteiger partial charge in [0.25, 0.3) is 5.91 Å². The minimum Gasteiger partial charge on any atom is -0.451 e. The molecule has 5 rings (SSSR count). The monoisotopic (exact) mass is 602 g/mol. The number of anilines is 1. The van der Waals surface area contributed by atoms with E-state index in [-0.39, 0.29) is 29.3 Å². The molecule has 2 aliphatic heterocycles. The first-order valence-electron chi connectivity index (χ1n) is 15.0. The van der Waals surface area contributed by atoms with Crippen molar-refractivity contribution >= 4 is 21.7 Å². The molecule has 1 atom stereocenters. The molecular formula is C30H43FN6O4S. The summed E-state index contributed by atoms with van der Waals surface area (Å²) >= 11 is 0. The molecule has 1 N–H and O–H groups in total. The fourth-order valence-corrected chi connectivity index (χ4v) is 7.77. The number of likely N-dealkylation sites (tertiary alicyclic amines) is 1. The van der Waals surface area contributed by atoms with Gasteiger partial charge in [0.05, 0.1) is 18.0 Å². The van der Waals surface area contributed by atoms with Crippen molar-refractivity contribution in [3.63, 3.8) is 0 Å². The fourth-order valence-electron chi connectivity index (χ4n) is 6.93. The van der Waals surface area contributed by atoms with E-state index in [0.717, 1.165) is 64.8 Å². The molecule has 10 nitrogen and oxygen atoms in total. The molecule has 0 bridgehead atoms. The van der Waals surface area contributed by atoms with E-state index in [9.17, 15) is 17.6 Å². The molecule has 2 saturated heterocycles. The number of hydrogen-bond donors (Lipinski definition) is 1. The first-order valence-corrected chi connectivity index (χ1v) is 16.9. The van der Waals surface area contributed by atoms with Gasteiger partial charge in [0.1, 0.15) is 17.9 Å². The van der Waals surface area contributed by atoms with Gasteiger partial charge in [-0.1, -0.05) is 0 Å². The lowest BCUT2D eigenvalue weighted by molar-refractivity contribution is -0.0386. The van der Waals surface area contributed by atoms with Crippen LogP contribution in [0.2, 0.25) is 0 Å². The number of aromatic nitrogens is 2. The number of carbonyl (C=O) groups excluding carboxylic acids is 1. The predicted molar refractivity (Wildman–Crippen MR) is 160 cm³/mol. The molecule has 1 amide bonds. The molecule has 1 aromatic carbocycles. The normalized spacial score (nSPS) is 21.1. The number of hydrogen-bond acceptors (Lipinski definition) is 8. The second-order valence-electron chi connectivity index (χ2n) is 12.6. The van der Waals surface area contributed by atoms with Crippen molar-refractivity contribution in [2.24, 2.45) is 11.3 Å². The smallest absolute Gasteiger partial charge is 0.257 e. The van der Waals surface area contributed by atoms with Crippen LogP contribution in [0.15, 0.2) is 30.7 Å². The number of ether oxygens (including phenoxy) is 1. The van der Waals surface area contributed by atoms with Crippen LogP contribution in [-0.2, 0) is 10.0 Å².